The molecule has 1 aliphatic heterocycles. The normalized spacial score (nSPS) is 16.9. The van der Waals surface area contributed by atoms with Crippen molar-refractivity contribution in [2.75, 3.05) is 18.4 Å². The van der Waals surface area contributed by atoms with Crippen LogP contribution in [0, 0.1) is 13.8 Å². The summed E-state index contributed by atoms with van der Waals surface area (Å²) >= 11 is 0. The Hall–Kier alpha value is -2.37. The SMILES string of the molecule is Cc1cc(C)n([C@H](C)C(=O)N2CCC(Nc3cccnc3)CC2)n1. The van der Waals surface area contributed by atoms with Gasteiger partial charge in [-0.15, -0.1) is 0 Å². The van der Waals surface area contributed by atoms with Crippen LogP contribution in [-0.4, -0.2) is 44.7 Å². The molecular weight excluding hydrogens is 302 g/mol. The van der Waals surface area contributed by atoms with Crippen molar-refractivity contribution >= 4 is 11.6 Å². The van der Waals surface area contributed by atoms with E-state index in [0.29, 0.717) is 6.04 Å². The molecule has 1 saturated heterocycles. The number of carbonyl (C=O) groups is 1. The van der Waals surface area contributed by atoms with E-state index < -0.39 is 0 Å². The fraction of sp³-hybridized carbons (Fsp3) is 0.500. The summed E-state index contributed by atoms with van der Waals surface area (Å²) in [6, 6.07) is 6.10. The third kappa shape index (κ3) is 3.58. The molecule has 6 heteroatoms. The topological polar surface area (TPSA) is 63.1 Å². The predicted molar refractivity (Wildman–Crippen MR) is 93.9 cm³/mol. The van der Waals surface area contributed by atoms with E-state index in [0.717, 1.165) is 43.0 Å². The Morgan fingerprint density at radius 2 is 2.08 bits per heavy atom. The molecule has 0 spiro atoms. The van der Waals surface area contributed by atoms with Crippen LogP contribution < -0.4 is 5.32 Å². The average Bonchev–Trinajstić information content (AvgIpc) is 2.93. The molecule has 0 saturated carbocycles. The minimum absolute atomic E-state index is 0.154. The fourth-order valence-corrected chi connectivity index (χ4v) is 3.34. The molecule has 0 aliphatic carbocycles. The Kier molecular flexibility index (Phi) is 4.83. The smallest absolute Gasteiger partial charge is 0.247 e. The van der Waals surface area contributed by atoms with Gasteiger partial charge in [0.2, 0.25) is 5.91 Å². The zero-order valence-electron chi connectivity index (χ0n) is 14.6. The van der Waals surface area contributed by atoms with Gasteiger partial charge >= 0.3 is 0 Å². The van der Waals surface area contributed by atoms with E-state index in [1.807, 2.05) is 54.7 Å². The lowest BCUT2D eigenvalue weighted by molar-refractivity contribution is -0.135. The van der Waals surface area contributed by atoms with E-state index in [1.54, 1.807) is 6.20 Å². The summed E-state index contributed by atoms with van der Waals surface area (Å²) in [6.07, 6.45) is 5.50. The summed E-state index contributed by atoms with van der Waals surface area (Å²) in [5.41, 5.74) is 3.02. The van der Waals surface area contributed by atoms with Crippen LogP contribution in [-0.2, 0) is 4.79 Å². The predicted octanol–water partition coefficient (Wildman–Crippen LogP) is 2.56. The molecule has 1 aliphatic rings. The Balaban J connectivity index is 1.56. The van der Waals surface area contributed by atoms with Gasteiger partial charge in [-0.1, -0.05) is 0 Å². The number of pyridine rings is 1. The molecule has 0 radical (unpaired) electrons. The van der Waals surface area contributed by atoms with Crippen molar-refractivity contribution in [1.29, 1.82) is 0 Å². The van der Waals surface area contributed by atoms with E-state index in [4.69, 9.17) is 0 Å². The van der Waals surface area contributed by atoms with Crippen molar-refractivity contribution in [2.24, 2.45) is 0 Å². The van der Waals surface area contributed by atoms with Gasteiger partial charge in [-0.25, -0.2) is 0 Å². The highest BCUT2D eigenvalue weighted by Gasteiger charge is 2.27. The Morgan fingerprint density at radius 3 is 2.67 bits per heavy atom. The van der Waals surface area contributed by atoms with Gasteiger partial charge in [-0.05, 0) is 51.8 Å². The number of carbonyl (C=O) groups excluding carboxylic acids is 1. The van der Waals surface area contributed by atoms with E-state index >= 15 is 0 Å². The summed E-state index contributed by atoms with van der Waals surface area (Å²) in [4.78, 5) is 18.8. The average molecular weight is 327 g/mol. The van der Waals surface area contributed by atoms with Gasteiger partial charge in [-0.2, -0.15) is 5.10 Å². The second-order valence-electron chi connectivity index (χ2n) is 6.53. The van der Waals surface area contributed by atoms with Crippen LogP contribution in [0.4, 0.5) is 5.69 Å². The van der Waals surface area contributed by atoms with Gasteiger partial charge in [0.15, 0.2) is 0 Å². The molecule has 0 unspecified atom stereocenters. The highest BCUT2D eigenvalue weighted by Crippen LogP contribution is 2.20. The summed E-state index contributed by atoms with van der Waals surface area (Å²) in [7, 11) is 0. The lowest BCUT2D eigenvalue weighted by atomic mass is 10.0. The first-order valence-electron chi connectivity index (χ1n) is 8.52. The Bertz CT molecular complexity index is 689. The van der Waals surface area contributed by atoms with Crippen molar-refractivity contribution in [3.8, 4) is 0 Å². The van der Waals surface area contributed by atoms with Gasteiger partial charge in [0.05, 0.1) is 11.4 Å². The number of nitrogens with one attached hydrogen (secondary N) is 1. The van der Waals surface area contributed by atoms with Crippen LogP contribution in [0.25, 0.3) is 0 Å². The van der Waals surface area contributed by atoms with Crippen molar-refractivity contribution in [2.45, 2.75) is 45.7 Å². The third-order valence-electron chi connectivity index (χ3n) is 4.61. The molecule has 3 heterocycles. The second kappa shape index (κ2) is 7.03. The first kappa shape index (κ1) is 16.5. The standard InChI is InChI=1S/C18H25N5O/c1-13-11-14(2)23(21-13)15(3)18(24)22-9-6-16(7-10-22)20-17-5-4-8-19-12-17/h4-5,8,11-12,15-16,20H,6-7,9-10H2,1-3H3/t15-/m1/s1. The quantitative estimate of drug-likeness (QED) is 0.937. The monoisotopic (exact) mass is 327 g/mol. The molecule has 0 aromatic carbocycles. The molecule has 1 N–H and O–H groups in total. The molecule has 2 aromatic heterocycles. The van der Waals surface area contributed by atoms with Gasteiger partial charge < -0.3 is 10.2 Å². The maximum Gasteiger partial charge on any atom is 0.247 e. The molecule has 1 atom stereocenters. The molecule has 2 aromatic rings. The largest absolute Gasteiger partial charge is 0.381 e. The van der Waals surface area contributed by atoms with Crippen LogP contribution in [0.5, 0.6) is 0 Å². The van der Waals surface area contributed by atoms with Gasteiger partial charge in [0, 0.05) is 37.2 Å². The number of nitrogens with zero attached hydrogens (tertiary/aromatic N) is 4. The molecule has 24 heavy (non-hydrogen) atoms. The second-order valence-corrected chi connectivity index (χ2v) is 6.53. The van der Waals surface area contributed by atoms with Crippen LogP contribution >= 0.6 is 0 Å². The number of aromatic nitrogens is 3. The first-order chi connectivity index (χ1) is 11.5. The van der Waals surface area contributed by atoms with Crippen molar-refractivity contribution in [3.05, 3.63) is 42.0 Å². The van der Waals surface area contributed by atoms with Gasteiger partial charge in [0.25, 0.3) is 0 Å². The molecule has 0 bridgehead atoms. The summed E-state index contributed by atoms with van der Waals surface area (Å²) in [5, 5.41) is 7.94. The first-order valence-corrected chi connectivity index (χ1v) is 8.52. The van der Waals surface area contributed by atoms with E-state index in [-0.39, 0.29) is 11.9 Å². The fourth-order valence-electron chi connectivity index (χ4n) is 3.34. The van der Waals surface area contributed by atoms with Crippen LogP contribution in [0.1, 0.15) is 37.2 Å². The van der Waals surface area contributed by atoms with Gasteiger partial charge in [-0.3, -0.25) is 14.5 Å². The highest BCUT2D eigenvalue weighted by atomic mass is 16.2. The lowest BCUT2D eigenvalue weighted by Crippen LogP contribution is -2.45. The highest BCUT2D eigenvalue weighted by molar-refractivity contribution is 5.80. The number of anilines is 1. The minimum Gasteiger partial charge on any atom is -0.381 e. The number of piperidine rings is 1. The maximum absolute atomic E-state index is 12.8. The molecule has 1 fully saturated rings. The van der Waals surface area contributed by atoms with E-state index in [9.17, 15) is 4.79 Å². The minimum atomic E-state index is -0.249. The molecule has 6 nitrogen and oxygen atoms in total. The summed E-state index contributed by atoms with van der Waals surface area (Å²) in [5.74, 6) is 0.154. The van der Waals surface area contributed by atoms with Gasteiger partial charge in [0.1, 0.15) is 6.04 Å². The molecule has 1 amide bonds. The van der Waals surface area contributed by atoms with Crippen molar-refractivity contribution in [3.63, 3.8) is 0 Å². The molecular formula is C18H25N5O. The molecule has 128 valence electrons. The summed E-state index contributed by atoms with van der Waals surface area (Å²) in [6.45, 7) is 7.44. The third-order valence-corrected chi connectivity index (χ3v) is 4.61. The lowest BCUT2D eigenvalue weighted by Gasteiger charge is -2.34. The van der Waals surface area contributed by atoms with Crippen LogP contribution in [0.15, 0.2) is 30.6 Å². The number of aryl methyl sites for hydroxylation is 2. The van der Waals surface area contributed by atoms with E-state index in [2.05, 4.69) is 15.4 Å². The zero-order valence-corrected chi connectivity index (χ0v) is 14.6. The number of hydrogen-bond acceptors (Lipinski definition) is 4. The number of amides is 1. The van der Waals surface area contributed by atoms with Crippen molar-refractivity contribution in [1.82, 2.24) is 19.7 Å². The number of rotatable bonds is 4. The zero-order chi connectivity index (χ0) is 17.1. The van der Waals surface area contributed by atoms with E-state index in [1.165, 1.54) is 0 Å². The van der Waals surface area contributed by atoms with Crippen LogP contribution in [0.2, 0.25) is 0 Å². The van der Waals surface area contributed by atoms with Crippen molar-refractivity contribution < 1.29 is 4.79 Å². The Morgan fingerprint density at radius 1 is 1.33 bits per heavy atom. The number of hydrogen-bond donors (Lipinski definition) is 1. The molecule has 3 rings (SSSR count). The Labute approximate surface area is 142 Å². The summed E-state index contributed by atoms with van der Waals surface area (Å²) < 4.78 is 1.83. The maximum atomic E-state index is 12.8. The number of likely N-dealkylation sites (tertiary alicyclic amines) is 1. The van der Waals surface area contributed by atoms with Crippen LogP contribution in [0.3, 0.4) is 0 Å².